The predicted molar refractivity (Wildman–Crippen MR) is 100 cm³/mol. The summed E-state index contributed by atoms with van der Waals surface area (Å²) in [5.41, 5.74) is 3.49. The van der Waals surface area contributed by atoms with Crippen LogP contribution < -0.4 is 15.0 Å². The largest absolute Gasteiger partial charge is 0.495 e. The molecule has 0 aliphatic heterocycles. The van der Waals surface area contributed by atoms with E-state index in [-0.39, 0.29) is 18.2 Å². The summed E-state index contributed by atoms with van der Waals surface area (Å²) in [5.74, 6) is 0.361. The van der Waals surface area contributed by atoms with Gasteiger partial charge < -0.3 is 15.0 Å². The summed E-state index contributed by atoms with van der Waals surface area (Å²) in [6.07, 6.45) is 0.199. The summed E-state index contributed by atoms with van der Waals surface area (Å²) >= 11 is 0. The van der Waals surface area contributed by atoms with Crippen molar-refractivity contribution in [3.8, 4) is 5.75 Å². The molecular formula is C20H24N2O3. The highest BCUT2D eigenvalue weighted by Crippen LogP contribution is 2.25. The lowest BCUT2D eigenvalue weighted by Crippen LogP contribution is -2.32. The fourth-order valence-corrected chi connectivity index (χ4v) is 2.66. The second-order valence-electron chi connectivity index (χ2n) is 5.96. The minimum atomic E-state index is -0.163. The van der Waals surface area contributed by atoms with Crippen LogP contribution in [0, 0.1) is 13.8 Å². The van der Waals surface area contributed by atoms with Crippen LogP contribution in [0.2, 0.25) is 0 Å². The van der Waals surface area contributed by atoms with Crippen molar-refractivity contribution in [3.63, 3.8) is 0 Å². The molecule has 0 aliphatic carbocycles. The second-order valence-corrected chi connectivity index (χ2v) is 5.96. The average molecular weight is 340 g/mol. The predicted octanol–water partition coefficient (Wildman–Crippen LogP) is 3.69. The van der Waals surface area contributed by atoms with Gasteiger partial charge in [0.2, 0.25) is 11.8 Å². The minimum Gasteiger partial charge on any atom is -0.495 e. The van der Waals surface area contributed by atoms with Crippen LogP contribution in [0.3, 0.4) is 0 Å². The van der Waals surface area contributed by atoms with Crippen LogP contribution in [0.4, 0.5) is 11.4 Å². The molecular weight excluding hydrogens is 316 g/mol. The van der Waals surface area contributed by atoms with E-state index in [2.05, 4.69) is 5.32 Å². The molecule has 0 aliphatic rings. The molecule has 0 spiro atoms. The van der Waals surface area contributed by atoms with E-state index in [0.29, 0.717) is 18.0 Å². The maximum atomic E-state index is 12.3. The highest BCUT2D eigenvalue weighted by atomic mass is 16.5. The Morgan fingerprint density at radius 3 is 2.48 bits per heavy atom. The lowest BCUT2D eigenvalue weighted by molar-refractivity contribution is -0.117. The maximum absolute atomic E-state index is 12.3. The Labute approximate surface area is 148 Å². The summed E-state index contributed by atoms with van der Waals surface area (Å²) < 4.78 is 5.27. The summed E-state index contributed by atoms with van der Waals surface area (Å²) in [7, 11) is 1.57. The first kappa shape index (κ1) is 18.5. The SMILES string of the molecule is COc1ccc(C)cc1NC(=O)CCN(C(C)=O)c1ccccc1C. The van der Waals surface area contributed by atoms with Crippen LogP contribution in [-0.4, -0.2) is 25.5 Å². The number of hydrogen-bond donors (Lipinski definition) is 1. The Balaban J connectivity index is 2.06. The molecule has 5 heteroatoms. The number of para-hydroxylation sites is 1. The molecule has 0 atom stereocenters. The number of nitrogens with one attached hydrogen (secondary N) is 1. The zero-order chi connectivity index (χ0) is 18.4. The topological polar surface area (TPSA) is 58.6 Å². The van der Waals surface area contributed by atoms with Crippen LogP contribution in [0.5, 0.6) is 5.75 Å². The lowest BCUT2D eigenvalue weighted by atomic mass is 10.1. The zero-order valence-corrected chi connectivity index (χ0v) is 15.1. The molecule has 0 radical (unpaired) electrons. The Morgan fingerprint density at radius 1 is 1.12 bits per heavy atom. The molecule has 1 N–H and O–H groups in total. The van der Waals surface area contributed by atoms with Crippen molar-refractivity contribution in [2.24, 2.45) is 0 Å². The highest BCUT2D eigenvalue weighted by Gasteiger charge is 2.16. The van der Waals surface area contributed by atoms with Gasteiger partial charge in [0.25, 0.3) is 0 Å². The molecule has 0 saturated heterocycles. The Hall–Kier alpha value is -2.82. The van der Waals surface area contributed by atoms with Gasteiger partial charge in [-0.15, -0.1) is 0 Å². The van der Waals surface area contributed by atoms with Crippen molar-refractivity contribution in [1.82, 2.24) is 0 Å². The molecule has 2 aromatic rings. The van der Waals surface area contributed by atoms with Crippen molar-refractivity contribution in [1.29, 1.82) is 0 Å². The fourth-order valence-electron chi connectivity index (χ4n) is 2.66. The van der Waals surface area contributed by atoms with E-state index < -0.39 is 0 Å². The average Bonchev–Trinajstić information content (AvgIpc) is 2.56. The smallest absolute Gasteiger partial charge is 0.226 e. The number of rotatable bonds is 6. The molecule has 25 heavy (non-hydrogen) atoms. The molecule has 2 amide bonds. The van der Waals surface area contributed by atoms with E-state index in [9.17, 15) is 9.59 Å². The van der Waals surface area contributed by atoms with Crippen LogP contribution in [-0.2, 0) is 9.59 Å². The van der Waals surface area contributed by atoms with Crippen LogP contribution in [0.1, 0.15) is 24.5 Å². The summed E-state index contributed by atoms with van der Waals surface area (Å²) in [6.45, 7) is 5.72. The van der Waals surface area contributed by atoms with Gasteiger partial charge >= 0.3 is 0 Å². The van der Waals surface area contributed by atoms with Crippen molar-refractivity contribution in [3.05, 3.63) is 53.6 Å². The first-order chi connectivity index (χ1) is 11.9. The van der Waals surface area contributed by atoms with Gasteiger partial charge in [0.05, 0.1) is 12.8 Å². The van der Waals surface area contributed by atoms with Gasteiger partial charge in [-0.2, -0.15) is 0 Å². The van der Waals surface area contributed by atoms with Gasteiger partial charge in [-0.1, -0.05) is 24.3 Å². The van der Waals surface area contributed by atoms with Gasteiger partial charge in [-0.25, -0.2) is 0 Å². The summed E-state index contributed by atoms with van der Waals surface area (Å²) in [4.78, 5) is 25.9. The molecule has 0 bridgehead atoms. The van der Waals surface area contributed by atoms with E-state index in [0.717, 1.165) is 16.8 Å². The van der Waals surface area contributed by atoms with E-state index in [1.165, 1.54) is 6.92 Å². The fraction of sp³-hybridized carbons (Fsp3) is 0.300. The number of amides is 2. The van der Waals surface area contributed by atoms with Crippen LogP contribution in [0.15, 0.2) is 42.5 Å². The number of ether oxygens (including phenoxy) is 1. The van der Waals surface area contributed by atoms with E-state index in [1.807, 2.05) is 56.3 Å². The quantitative estimate of drug-likeness (QED) is 0.872. The second kappa shape index (κ2) is 8.33. The van der Waals surface area contributed by atoms with Gasteiger partial charge in [0, 0.05) is 25.6 Å². The first-order valence-corrected chi connectivity index (χ1v) is 8.20. The van der Waals surface area contributed by atoms with Crippen molar-refractivity contribution in [2.75, 3.05) is 23.9 Å². The number of anilines is 2. The third-order valence-corrected chi connectivity index (χ3v) is 3.98. The van der Waals surface area contributed by atoms with Gasteiger partial charge in [0.15, 0.2) is 0 Å². The monoisotopic (exact) mass is 340 g/mol. The summed E-state index contributed by atoms with van der Waals surface area (Å²) in [6, 6.07) is 13.2. The first-order valence-electron chi connectivity index (χ1n) is 8.20. The maximum Gasteiger partial charge on any atom is 0.226 e. The van der Waals surface area contributed by atoms with E-state index >= 15 is 0 Å². The van der Waals surface area contributed by atoms with Crippen LogP contribution in [0.25, 0.3) is 0 Å². The zero-order valence-electron chi connectivity index (χ0n) is 15.1. The molecule has 0 unspecified atom stereocenters. The number of hydrogen-bond acceptors (Lipinski definition) is 3. The van der Waals surface area contributed by atoms with Crippen molar-refractivity contribution < 1.29 is 14.3 Å². The van der Waals surface area contributed by atoms with Crippen molar-refractivity contribution >= 4 is 23.2 Å². The van der Waals surface area contributed by atoms with Gasteiger partial charge in [0.1, 0.15) is 5.75 Å². The Bertz CT molecular complexity index is 771. The Morgan fingerprint density at radius 2 is 1.84 bits per heavy atom. The molecule has 0 aromatic heterocycles. The summed E-state index contributed by atoms with van der Waals surface area (Å²) in [5, 5.41) is 2.86. The molecule has 0 saturated carbocycles. The molecule has 2 aromatic carbocycles. The number of benzene rings is 2. The van der Waals surface area contributed by atoms with Crippen LogP contribution >= 0.6 is 0 Å². The molecule has 132 valence electrons. The van der Waals surface area contributed by atoms with E-state index in [4.69, 9.17) is 4.74 Å². The Kier molecular flexibility index (Phi) is 6.17. The minimum absolute atomic E-state index is 0.0877. The number of aryl methyl sites for hydroxylation is 2. The lowest BCUT2D eigenvalue weighted by Gasteiger charge is -2.23. The third-order valence-electron chi connectivity index (χ3n) is 3.98. The third kappa shape index (κ3) is 4.83. The van der Waals surface area contributed by atoms with E-state index in [1.54, 1.807) is 12.0 Å². The number of carbonyl (C=O) groups excluding carboxylic acids is 2. The van der Waals surface area contributed by atoms with Gasteiger partial charge in [-0.3, -0.25) is 9.59 Å². The standard InChI is InChI=1S/C20H24N2O3/c1-14-9-10-19(25-4)17(13-14)21-20(24)11-12-22(16(3)23)18-8-6-5-7-15(18)2/h5-10,13H,11-12H2,1-4H3,(H,21,24). The van der Waals surface area contributed by atoms with Crippen molar-refractivity contribution in [2.45, 2.75) is 27.2 Å². The highest BCUT2D eigenvalue weighted by molar-refractivity contribution is 5.96. The molecule has 2 rings (SSSR count). The number of methoxy groups -OCH3 is 1. The van der Waals surface area contributed by atoms with Gasteiger partial charge in [-0.05, 0) is 43.2 Å². The number of nitrogens with zero attached hydrogens (tertiary/aromatic N) is 1. The molecule has 5 nitrogen and oxygen atoms in total. The number of carbonyl (C=O) groups is 2. The normalized spacial score (nSPS) is 10.2. The molecule has 0 fully saturated rings. The molecule has 0 heterocycles.